The van der Waals surface area contributed by atoms with Crippen molar-refractivity contribution in [2.24, 2.45) is 0 Å². The Morgan fingerprint density at radius 1 is 1.26 bits per heavy atom. The topological polar surface area (TPSA) is 39.7 Å². The van der Waals surface area contributed by atoms with E-state index >= 15 is 0 Å². The van der Waals surface area contributed by atoms with Crippen LogP contribution < -0.4 is 14.8 Å². The molecule has 4 heteroatoms. The molecule has 1 N–H and O–H groups in total. The Hall–Kier alpha value is -1.26. The second-order valence-corrected chi connectivity index (χ2v) is 4.77. The van der Waals surface area contributed by atoms with Crippen molar-refractivity contribution in [2.45, 2.75) is 25.4 Å². The van der Waals surface area contributed by atoms with Gasteiger partial charge in [-0.05, 0) is 37.7 Å². The van der Waals surface area contributed by atoms with E-state index in [0.29, 0.717) is 0 Å². The molecule has 1 aromatic rings. The van der Waals surface area contributed by atoms with Crippen LogP contribution in [0.4, 0.5) is 0 Å². The fraction of sp³-hybridized carbons (Fsp3) is 0.600. The maximum Gasteiger partial charge on any atom is 0.161 e. The largest absolute Gasteiger partial charge is 0.493 e. The Bertz CT molecular complexity index is 389. The van der Waals surface area contributed by atoms with E-state index in [4.69, 9.17) is 14.2 Å². The number of rotatable bonds is 6. The fourth-order valence-corrected chi connectivity index (χ4v) is 2.21. The van der Waals surface area contributed by atoms with Crippen LogP contribution in [-0.2, 0) is 11.2 Å². The molecule has 0 bridgehead atoms. The average molecular weight is 265 g/mol. The lowest BCUT2D eigenvalue weighted by atomic mass is 10.1. The third kappa shape index (κ3) is 4.11. The number of nitrogens with one attached hydrogen (secondary N) is 1. The minimum atomic E-state index is 0.241. The van der Waals surface area contributed by atoms with Crippen LogP contribution in [0, 0.1) is 0 Å². The minimum absolute atomic E-state index is 0.241. The molecule has 2 rings (SSSR count). The summed E-state index contributed by atoms with van der Waals surface area (Å²) in [5.74, 6) is 1.66. The molecule has 0 atom stereocenters. The van der Waals surface area contributed by atoms with Crippen LogP contribution in [-0.4, -0.2) is 40.0 Å². The Balaban J connectivity index is 2.02. The molecule has 0 saturated carbocycles. The standard InChI is InChI=1S/C15H23NO3/c1-16-8-5-12-3-4-14(15(11-12)17-2)19-13-6-9-18-10-7-13/h3-4,11,13,16H,5-10H2,1-2H3. The Kier molecular flexibility index (Phi) is 5.48. The van der Waals surface area contributed by atoms with E-state index in [2.05, 4.69) is 17.4 Å². The monoisotopic (exact) mass is 265 g/mol. The van der Waals surface area contributed by atoms with Crippen molar-refractivity contribution in [1.29, 1.82) is 0 Å². The Labute approximate surface area is 115 Å². The number of likely N-dealkylation sites (N-methyl/N-ethyl adjacent to an activating group) is 1. The molecule has 1 saturated heterocycles. The average Bonchev–Trinajstić information content (AvgIpc) is 2.47. The molecule has 1 aliphatic rings. The van der Waals surface area contributed by atoms with Crippen LogP contribution in [0.25, 0.3) is 0 Å². The van der Waals surface area contributed by atoms with Crippen molar-refractivity contribution in [3.8, 4) is 11.5 Å². The number of hydrogen-bond donors (Lipinski definition) is 1. The van der Waals surface area contributed by atoms with Crippen LogP contribution >= 0.6 is 0 Å². The first kappa shape index (κ1) is 14.2. The predicted molar refractivity (Wildman–Crippen MR) is 75.1 cm³/mol. The van der Waals surface area contributed by atoms with Gasteiger partial charge in [-0.15, -0.1) is 0 Å². The molecule has 19 heavy (non-hydrogen) atoms. The summed E-state index contributed by atoms with van der Waals surface area (Å²) in [7, 11) is 3.65. The van der Waals surface area contributed by atoms with Gasteiger partial charge in [0.25, 0.3) is 0 Å². The van der Waals surface area contributed by atoms with Gasteiger partial charge in [0, 0.05) is 12.8 Å². The van der Waals surface area contributed by atoms with Gasteiger partial charge in [0.05, 0.1) is 20.3 Å². The van der Waals surface area contributed by atoms with Gasteiger partial charge in [0.1, 0.15) is 6.10 Å². The van der Waals surface area contributed by atoms with Gasteiger partial charge in [0.15, 0.2) is 11.5 Å². The normalized spacial score (nSPS) is 16.3. The first-order valence-electron chi connectivity index (χ1n) is 6.89. The Morgan fingerprint density at radius 2 is 2.05 bits per heavy atom. The molecule has 0 unspecified atom stereocenters. The van der Waals surface area contributed by atoms with Crippen molar-refractivity contribution in [1.82, 2.24) is 5.32 Å². The third-order valence-electron chi connectivity index (χ3n) is 3.35. The maximum absolute atomic E-state index is 6.02. The lowest BCUT2D eigenvalue weighted by molar-refractivity contribution is 0.0245. The van der Waals surface area contributed by atoms with E-state index in [1.807, 2.05) is 13.1 Å². The zero-order valence-electron chi connectivity index (χ0n) is 11.8. The molecule has 0 amide bonds. The SMILES string of the molecule is CNCCc1ccc(OC2CCOCC2)c(OC)c1. The zero-order chi connectivity index (χ0) is 13.5. The van der Waals surface area contributed by atoms with Crippen molar-refractivity contribution < 1.29 is 14.2 Å². The summed E-state index contributed by atoms with van der Waals surface area (Å²) in [6, 6.07) is 6.18. The molecular weight excluding hydrogens is 242 g/mol. The smallest absolute Gasteiger partial charge is 0.161 e. The predicted octanol–water partition coefficient (Wildman–Crippen LogP) is 2.01. The molecule has 1 aliphatic heterocycles. The van der Waals surface area contributed by atoms with Crippen molar-refractivity contribution in [3.63, 3.8) is 0 Å². The zero-order valence-corrected chi connectivity index (χ0v) is 11.8. The summed E-state index contributed by atoms with van der Waals surface area (Å²) < 4.78 is 16.8. The van der Waals surface area contributed by atoms with E-state index in [0.717, 1.165) is 50.5 Å². The van der Waals surface area contributed by atoms with E-state index in [1.165, 1.54) is 5.56 Å². The third-order valence-corrected chi connectivity index (χ3v) is 3.35. The Morgan fingerprint density at radius 3 is 2.74 bits per heavy atom. The molecule has 1 heterocycles. The maximum atomic E-state index is 6.02. The van der Waals surface area contributed by atoms with Crippen LogP contribution in [0.2, 0.25) is 0 Å². The van der Waals surface area contributed by atoms with E-state index in [1.54, 1.807) is 7.11 Å². The van der Waals surface area contributed by atoms with E-state index < -0.39 is 0 Å². The van der Waals surface area contributed by atoms with Crippen LogP contribution in [0.1, 0.15) is 18.4 Å². The second-order valence-electron chi connectivity index (χ2n) is 4.77. The number of ether oxygens (including phenoxy) is 3. The summed E-state index contributed by atoms with van der Waals surface area (Å²) >= 11 is 0. The van der Waals surface area contributed by atoms with E-state index in [-0.39, 0.29) is 6.10 Å². The van der Waals surface area contributed by atoms with Gasteiger partial charge in [-0.2, -0.15) is 0 Å². The van der Waals surface area contributed by atoms with Gasteiger partial charge in [0.2, 0.25) is 0 Å². The fourth-order valence-electron chi connectivity index (χ4n) is 2.21. The highest BCUT2D eigenvalue weighted by Gasteiger charge is 2.17. The van der Waals surface area contributed by atoms with Crippen LogP contribution in [0.15, 0.2) is 18.2 Å². The number of hydrogen-bond acceptors (Lipinski definition) is 4. The molecule has 106 valence electrons. The van der Waals surface area contributed by atoms with Gasteiger partial charge < -0.3 is 19.5 Å². The lowest BCUT2D eigenvalue weighted by Crippen LogP contribution is -2.26. The molecular formula is C15H23NO3. The minimum Gasteiger partial charge on any atom is -0.493 e. The summed E-state index contributed by atoms with van der Waals surface area (Å²) in [6.45, 7) is 2.53. The molecule has 1 aromatic carbocycles. The first-order chi connectivity index (χ1) is 9.33. The van der Waals surface area contributed by atoms with Crippen LogP contribution in [0.5, 0.6) is 11.5 Å². The lowest BCUT2D eigenvalue weighted by Gasteiger charge is -2.24. The molecule has 0 spiro atoms. The molecule has 4 nitrogen and oxygen atoms in total. The van der Waals surface area contributed by atoms with Gasteiger partial charge in [-0.25, -0.2) is 0 Å². The molecule has 0 radical (unpaired) electrons. The quantitative estimate of drug-likeness (QED) is 0.854. The van der Waals surface area contributed by atoms with E-state index in [9.17, 15) is 0 Å². The van der Waals surface area contributed by atoms with Crippen molar-refractivity contribution in [3.05, 3.63) is 23.8 Å². The summed E-state index contributed by atoms with van der Waals surface area (Å²) in [5.41, 5.74) is 1.26. The van der Waals surface area contributed by atoms with Gasteiger partial charge >= 0.3 is 0 Å². The summed E-state index contributed by atoms with van der Waals surface area (Å²) in [4.78, 5) is 0. The van der Waals surface area contributed by atoms with Crippen molar-refractivity contribution in [2.75, 3.05) is 33.9 Å². The molecule has 0 aromatic heterocycles. The number of methoxy groups -OCH3 is 1. The molecule has 1 fully saturated rings. The highest BCUT2D eigenvalue weighted by atomic mass is 16.5. The van der Waals surface area contributed by atoms with Gasteiger partial charge in [-0.1, -0.05) is 6.07 Å². The van der Waals surface area contributed by atoms with Gasteiger partial charge in [-0.3, -0.25) is 0 Å². The second kappa shape index (κ2) is 7.36. The highest BCUT2D eigenvalue weighted by Crippen LogP contribution is 2.30. The van der Waals surface area contributed by atoms with Crippen molar-refractivity contribution >= 4 is 0 Å². The summed E-state index contributed by atoms with van der Waals surface area (Å²) in [6.07, 6.45) is 3.13. The summed E-state index contributed by atoms with van der Waals surface area (Å²) in [5, 5.41) is 3.15. The highest BCUT2D eigenvalue weighted by molar-refractivity contribution is 5.43. The molecule has 0 aliphatic carbocycles. The van der Waals surface area contributed by atoms with Crippen LogP contribution in [0.3, 0.4) is 0 Å². The number of benzene rings is 1. The first-order valence-corrected chi connectivity index (χ1v) is 6.89.